The van der Waals surface area contributed by atoms with Crippen molar-refractivity contribution in [3.63, 3.8) is 0 Å². The second kappa shape index (κ2) is 7.47. The molecule has 0 spiro atoms. The molecule has 0 aliphatic heterocycles. The third-order valence-electron chi connectivity index (χ3n) is 5.14. The summed E-state index contributed by atoms with van der Waals surface area (Å²) in [7, 11) is 13.0. The molecule has 0 N–H and O–H groups in total. The van der Waals surface area contributed by atoms with Crippen LogP contribution in [0.5, 0.6) is 0 Å². The van der Waals surface area contributed by atoms with Gasteiger partial charge in [0.1, 0.15) is 0 Å². The number of allylic oxidation sites excluding steroid dienone is 1. The van der Waals surface area contributed by atoms with E-state index < -0.39 is 19.4 Å². The molecule has 0 saturated heterocycles. The fourth-order valence-electron chi connectivity index (χ4n) is 3.89. The van der Waals surface area contributed by atoms with Gasteiger partial charge in [-0.2, -0.15) is 0 Å². The molecular formula is C23H19Cl2Zr. The van der Waals surface area contributed by atoms with Crippen molar-refractivity contribution in [3.8, 4) is 22.3 Å². The summed E-state index contributed by atoms with van der Waals surface area (Å²) in [5, 5.41) is 0. The van der Waals surface area contributed by atoms with Crippen molar-refractivity contribution in [2.45, 2.75) is 17.5 Å². The van der Waals surface area contributed by atoms with Crippen LogP contribution in [-0.2, 0) is 19.4 Å². The van der Waals surface area contributed by atoms with Crippen LogP contribution in [0.3, 0.4) is 0 Å². The van der Waals surface area contributed by atoms with E-state index in [-0.39, 0.29) is 3.63 Å². The molecule has 3 heteroatoms. The van der Waals surface area contributed by atoms with Crippen LogP contribution in [0.2, 0.25) is 0 Å². The van der Waals surface area contributed by atoms with E-state index in [1.54, 1.807) is 0 Å². The van der Waals surface area contributed by atoms with Crippen LogP contribution >= 0.6 is 17.0 Å². The molecule has 1 aliphatic rings. The van der Waals surface area contributed by atoms with Crippen LogP contribution < -0.4 is 0 Å². The fourth-order valence-corrected chi connectivity index (χ4v) is 9.57. The van der Waals surface area contributed by atoms with E-state index in [4.69, 9.17) is 17.0 Å². The van der Waals surface area contributed by atoms with Crippen LogP contribution in [0.25, 0.3) is 28.3 Å². The first kappa shape index (κ1) is 18.2. The number of rotatable bonds is 3. The molecule has 1 aliphatic carbocycles. The van der Waals surface area contributed by atoms with Crippen molar-refractivity contribution in [1.29, 1.82) is 0 Å². The Kier molecular flexibility index (Phi) is 5.24. The van der Waals surface area contributed by atoms with Crippen molar-refractivity contribution >= 4 is 23.1 Å². The van der Waals surface area contributed by atoms with Crippen LogP contribution in [0.1, 0.15) is 27.2 Å². The summed E-state index contributed by atoms with van der Waals surface area (Å²) in [4.78, 5) is 0. The van der Waals surface area contributed by atoms with Gasteiger partial charge in [-0.1, -0.05) is 0 Å². The molecule has 0 fully saturated rings. The van der Waals surface area contributed by atoms with Crippen molar-refractivity contribution in [3.05, 3.63) is 89.0 Å². The van der Waals surface area contributed by atoms with Gasteiger partial charge in [-0.3, -0.25) is 0 Å². The fraction of sp³-hybridized carbons (Fsp3) is 0.130. The van der Waals surface area contributed by atoms with Crippen molar-refractivity contribution < 1.29 is 19.4 Å². The van der Waals surface area contributed by atoms with E-state index in [0.29, 0.717) is 0 Å². The second-order valence-electron chi connectivity index (χ2n) is 6.78. The van der Waals surface area contributed by atoms with Gasteiger partial charge in [-0.05, 0) is 0 Å². The Bertz CT molecular complexity index is 990. The predicted molar refractivity (Wildman–Crippen MR) is 110 cm³/mol. The van der Waals surface area contributed by atoms with E-state index >= 15 is 0 Å². The van der Waals surface area contributed by atoms with Crippen molar-refractivity contribution in [2.75, 3.05) is 0 Å². The van der Waals surface area contributed by atoms with Gasteiger partial charge < -0.3 is 0 Å². The first-order chi connectivity index (χ1) is 12.6. The summed E-state index contributed by atoms with van der Waals surface area (Å²) >= 11 is -2.45. The van der Waals surface area contributed by atoms with E-state index in [1.165, 1.54) is 44.5 Å². The van der Waals surface area contributed by atoms with Gasteiger partial charge in [-0.15, -0.1) is 0 Å². The Labute approximate surface area is 170 Å². The molecule has 0 saturated carbocycles. The molecule has 1 unspecified atom stereocenters. The summed E-state index contributed by atoms with van der Waals surface area (Å²) in [6.45, 7) is 4.34. The maximum absolute atomic E-state index is 6.51. The zero-order valence-electron chi connectivity index (χ0n) is 14.8. The maximum atomic E-state index is 6.51. The second-order valence-corrected chi connectivity index (χ2v) is 15.6. The number of hydrogen-bond donors (Lipinski definition) is 0. The molecule has 0 heterocycles. The van der Waals surface area contributed by atoms with E-state index in [0.717, 1.165) is 0 Å². The Hall–Kier alpha value is -1.14. The Morgan fingerprint density at radius 1 is 0.769 bits per heavy atom. The number of fused-ring (bicyclic) bond motifs is 1. The summed E-state index contributed by atoms with van der Waals surface area (Å²) < 4.78 is 0.253. The summed E-state index contributed by atoms with van der Waals surface area (Å²) in [5.74, 6) is 0. The summed E-state index contributed by atoms with van der Waals surface area (Å²) in [6, 6.07) is 23.7. The monoisotopic (exact) mass is 455 g/mol. The third-order valence-corrected chi connectivity index (χ3v) is 10.7. The molecule has 3 aromatic carbocycles. The van der Waals surface area contributed by atoms with Crippen LogP contribution in [0.4, 0.5) is 0 Å². The van der Waals surface area contributed by atoms with Gasteiger partial charge in [0, 0.05) is 0 Å². The Morgan fingerprint density at radius 3 is 2.15 bits per heavy atom. The first-order valence-corrected chi connectivity index (χ1v) is 16.5. The Balaban J connectivity index is 2.05. The quantitative estimate of drug-likeness (QED) is 0.378. The first-order valence-electron chi connectivity index (χ1n) is 8.72. The van der Waals surface area contributed by atoms with Gasteiger partial charge in [0.25, 0.3) is 0 Å². The topological polar surface area (TPSA) is 0 Å². The molecule has 3 aromatic rings. The molecular weight excluding hydrogens is 438 g/mol. The standard InChI is InChI=1S/C23H19.2ClH.Zr/c1-16-14-19-12-13-21(18-9-4-3-5-10-18)23(22(19)15-16)20-11-7-6-8-17(20)2;;;/h3-15H,1-2H3;2*1H;/q;;;+2/p-2. The van der Waals surface area contributed by atoms with Gasteiger partial charge >= 0.3 is 171 Å². The molecule has 0 amide bonds. The molecule has 26 heavy (non-hydrogen) atoms. The average molecular weight is 458 g/mol. The van der Waals surface area contributed by atoms with Crippen molar-refractivity contribution in [2.24, 2.45) is 0 Å². The zero-order chi connectivity index (χ0) is 18.3. The van der Waals surface area contributed by atoms with Crippen molar-refractivity contribution in [1.82, 2.24) is 0 Å². The van der Waals surface area contributed by atoms with Crippen LogP contribution in [0.15, 0.2) is 72.3 Å². The van der Waals surface area contributed by atoms with Gasteiger partial charge in [-0.25, -0.2) is 0 Å². The summed E-state index contributed by atoms with van der Waals surface area (Å²) in [5.41, 5.74) is 10.3. The molecule has 0 radical (unpaired) electrons. The summed E-state index contributed by atoms with van der Waals surface area (Å²) in [6.07, 6.45) is 2.31. The number of hydrogen-bond acceptors (Lipinski definition) is 0. The number of aryl methyl sites for hydroxylation is 1. The SMILES string of the molecule is CC1=Cc2c(ccc(-c3ccccc3)c2-c2ccccc2C)[CH]1[Zr]([Cl])[Cl]. The molecule has 129 valence electrons. The molecule has 0 aromatic heterocycles. The molecule has 4 rings (SSSR count). The minimum atomic E-state index is -2.45. The molecule has 0 bridgehead atoms. The van der Waals surface area contributed by atoms with E-state index in [1.807, 2.05) is 0 Å². The van der Waals surface area contributed by atoms with Gasteiger partial charge in [0.15, 0.2) is 0 Å². The van der Waals surface area contributed by atoms with Gasteiger partial charge in [0.2, 0.25) is 0 Å². The van der Waals surface area contributed by atoms with Gasteiger partial charge in [0.05, 0.1) is 0 Å². The number of halogens is 2. The molecule has 1 atom stereocenters. The van der Waals surface area contributed by atoms with E-state index in [9.17, 15) is 0 Å². The minimum absolute atomic E-state index is 0.253. The van der Waals surface area contributed by atoms with Crippen LogP contribution in [0, 0.1) is 6.92 Å². The molecule has 0 nitrogen and oxygen atoms in total. The predicted octanol–water partition coefficient (Wildman–Crippen LogP) is 7.71. The van der Waals surface area contributed by atoms with E-state index in [2.05, 4.69) is 86.7 Å². The van der Waals surface area contributed by atoms with Crippen LogP contribution in [-0.4, -0.2) is 0 Å². The zero-order valence-corrected chi connectivity index (χ0v) is 18.7. The normalized spacial score (nSPS) is 15.5. The number of benzene rings is 3. The Morgan fingerprint density at radius 2 is 1.46 bits per heavy atom. The average Bonchev–Trinajstić information content (AvgIpc) is 2.98. The third kappa shape index (κ3) is 3.15.